The van der Waals surface area contributed by atoms with Crippen LogP contribution >= 0.6 is 50.3 Å². The van der Waals surface area contributed by atoms with Crippen molar-refractivity contribution in [3.63, 3.8) is 0 Å². The van der Waals surface area contributed by atoms with Crippen molar-refractivity contribution >= 4 is 67.3 Å². The lowest BCUT2D eigenvalue weighted by molar-refractivity contribution is 0.525. The number of hydrogen-bond donors (Lipinski definition) is 2. The Hall–Kier alpha value is -0.910. The highest BCUT2D eigenvalue weighted by Gasteiger charge is 2.16. The van der Waals surface area contributed by atoms with Crippen LogP contribution in [0.1, 0.15) is 20.3 Å². The maximum Gasteiger partial charge on any atom is 0.175 e. The lowest BCUT2D eigenvalue weighted by Crippen LogP contribution is -2.24. The van der Waals surface area contributed by atoms with E-state index in [0.29, 0.717) is 17.4 Å². The van der Waals surface area contributed by atoms with Crippen molar-refractivity contribution in [2.45, 2.75) is 42.9 Å². The van der Waals surface area contributed by atoms with E-state index in [1.807, 2.05) is 0 Å². The second-order valence-electron chi connectivity index (χ2n) is 6.15. The fraction of sp³-hybridized carbons (Fsp3) is 0.353. The number of hydrogen-bond acceptors (Lipinski definition) is 6. The summed E-state index contributed by atoms with van der Waals surface area (Å²) in [6.45, 7) is 6.06. The van der Waals surface area contributed by atoms with Crippen LogP contribution in [0.2, 0.25) is 0 Å². The predicted octanol–water partition coefficient (Wildman–Crippen LogP) is 4.31. The fourth-order valence-electron chi connectivity index (χ4n) is 2.53. The molecule has 9 heteroatoms. The van der Waals surface area contributed by atoms with Crippen molar-refractivity contribution in [3.05, 3.63) is 32.6 Å². The van der Waals surface area contributed by atoms with E-state index in [4.69, 9.17) is 10.7 Å². The average Bonchev–Trinajstić information content (AvgIpc) is 2.89. The molecule has 3 aromatic rings. The second kappa shape index (κ2) is 8.85. The molecule has 0 saturated carbocycles. The SMILES string of the molecule is CC(C)NCCCn1c(Sc2cc(Br)cc(I)c2)nc2c(N)ncnc21. The normalized spacial score (nSPS) is 11.6. The van der Waals surface area contributed by atoms with Gasteiger partial charge in [-0.1, -0.05) is 41.5 Å². The van der Waals surface area contributed by atoms with E-state index < -0.39 is 0 Å². The molecule has 0 fully saturated rings. The van der Waals surface area contributed by atoms with Crippen LogP contribution in [0.25, 0.3) is 11.2 Å². The minimum Gasteiger partial charge on any atom is -0.382 e. The Morgan fingerprint density at radius 3 is 2.85 bits per heavy atom. The summed E-state index contributed by atoms with van der Waals surface area (Å²) in [5.74, 6) is 0.416. The van der Waals surface area contributed by atoms with Gasteiger partial charge in [0.1, 0.15) is 6.33 Å². The number of nitrogen functional groups attached to an aromatic ring is 1. The van der Waals surface area contributed by atoms with E-state index in [1.165, 1.54) is 9.90 Å². The summed E-state index contributed by atoms with van der Waals surface area (Å²) < 4.78 is 4.35. The highest BCUT2D eigenvalue weighted by molar-refractivity contribution is 14.1. The zero-order valence-corrected chi connectivity index (χ0v) is 19.1. The van der Waals surface area contributed by atoms with Gasteiger partial charge in [0, 0.05) is 25.5 Å². The number of anilines is 1. The first-order valence-corrected chi connectivity index (χ1v) is 11.0. The smallest absolute Gasteiger partial charge is 0.175 e. The van der Waals surface area contributed by atoms with Crippen LogP contribution in [-0.4, -0.2) is 32.1 Å². The summed E-state index contributed by atoms with van der Waals surface area (Å²) in [5, 5.41) is 4.33. The highest BCUT2D eigenvalue weighted by Crippen LogP contribution is 2.33. The van der Waals surface area contributed by atoms with Crippen LogP contribution in [0.5, 0.6) is 0 Å². The summed E-state index contributed by atoms with van der Waals surface area (Å²) in [5.41, 5.74) is 7.47. The van der Waals surface area contributed by atoms with E-state index in [1.54, 1.807) is 11.8 Å². The molecule has 0 aliphatic heterocycles. The van der Waals surface area contributed by atoms with Crippen molar-refractivity contribution in [2.75, 3.05) is 12.3 Å². The van der Waals surface area contributed by atoms with Gasteiger partial charge in [-0.05, 0) is 53.8 Å². The highest BCUT2D eigenvalue weighted by atomic mass is 127. The quantitative estimate of drug-likeness (QED) is 0.339. The van der Waals surface area contributed by atoms with Gasteiger partial charge in [-0.15, -0.1) is 0 Å². The molecule has 1 aromatic carbocycles. The molecule has 0 atom stereocenters. The fourth-order valence-corrected chi connectivity index (χ4v) is 5.50. The third-order valence-corrected chi connectivity index (χ3v) is 5.73. The van der Waals surface area contributed by atoms with Crippen LogP contribution in [0.3, 0.4) is 0 Å². The molecular weight excluding hydrogens is 527 g/mol. The minimum atomic E-state index is 0.416. The Labute approximate surface area is 179 Å². The monoisotopic (exact) mass is 546 g/mol. The standard InChI is InChI=1S/C17H20BrIN6S/c1-10(2)21-4-3-5-25-16-14(15(20)22-9-23-16)24-17(25)26-13-7-11(18)6-12(19)8-13/h6-10,21H,3-5H2,1-2H3,(H2,20,22,23). The van der Waals surface area contributed by atoms with E-state index in [-0.39, 0.29) is 0 Å². The van der Waals surface area contributed by atoms with Gasteiger partial charge in [-0.3, -0.25) is 0 Å². The Morgan fingerprint density at radius 2 is 2.12 bits per heavy atom. The molecule has 0 saturated heterocycles. The number of aromatic nitrogens is 4. The molecular formula is C17H20BrIN6S. The van der Waals surface area contributed by atoms with E-state index in [0.717, 1.165) is 39.7 Å². The molecule has 3 rings (SSSR count). The third kappa shape index (κ3) is 4.87. The summed E-state index contributed by atoms with van der Waals surface area (Å²) in [6.07, 6.45) is 2.48. The number of nitrogens with one attached hydrogen (secondary N) is 1. The molecule has 0 amide bonds. The van der Waals surface area contributed by atoms with Crippen LogP contribution < -0.4 is 11.1 Å². The molecule has 3 N–H and O–H groups in total. The molecule has 0 aliphatic rings. The number of aryl methyl sites for hydroxylation is 1. The zero-order valence-electron chi connectivity index (χ0n) is 14.5. The number of nitrogens with two attached hydrogens (primary N) is 1. The lowest BCUT2D eigenvalue weighted by Gasteiger charge is -2.11. The number of imidazole rings is 1. The number of rotatable bonds is 7. The van der Waals surface area contributed by atoms with Gasteiger partial charge in [0.05, 0.1) is 0 Å². The van der Waals surface area contributed by atoms with Crippen molar-refractivity contribution < 1.29 is 0 Å². The second-order valence-corrected chi connectivity index (χ2v) is 9.35. The largest absolute Gasteiger partial charge is 0.382 e. The zero-order chi connectivity index (χ0) is 18.7. The van der Waals surface area contributed by atoms with Gasteiger partial charge >= 0.3 is 0 Å². The lowest BCUT2D eigenvalue weighted by atomic mass is 10.3. The van der Waals surface area contributed by atoms with Crippen LogP contribution in [0.15, 0.2) is 39.1 Å². The molecule has 26 heavy (non-hydrogen) atoms. The van der Waals surface area contributed by atoms with Gasteiger partial charge in [-0.2, -0.15) is 0 Å². The summed E-state index contributed by atoms with van der Waals surface area (Å²) in [6, 6.07) is 6.78. The molecule has 2 heterocycles. The van der Waals surface area contributed by atoms with E-state index in [2.05, 4.69) is 90.4 Å². The van der Waals surface area contributed by atoms with Crippen LogP contribution in [0, 0.1) is 3.57 Å². The number of nitrogens with zero attached hydrogens (tertiary/aromatic N) is 4. The number of fused-ring (bicyclic) bond motifs is 1. The van der Waals surface area contributed by atoms with Crippen molar-refractivity contribution in [1.82, 2.24) is 24.8 Å². The minimum absolute atomic E-state index is 0.416. The average molecular weight is 547 g/mol. The first-order valence-electron chi connectivity index (χ1n) is 8.28. The predicted molar refractivity (Wildman–Crippen MR) is 118 cm³/mol. The van der Waals surface area contributed by atoms with Gasteiger partial charge in [-0.25, -0.2) is 15.0 Å². The Bertz CT molecular complexity index is 893. The third-order valence-electron chi connectivity index (χ3n) is 3.68. The first-order chi connectivity index (χ1) is 12.4. The van der Waals surface area contributed by atoms with Crippen LogP contribution in [0.4, 0.5) is 5.82 Å². The molecule has 6 nitrogen and oxygen atoms in total. The summed E-state index contributed by atoms with van der Waals surface area (Å²) >= 11 is 7.49. The molecule has 0 unspecified atom stereocenters. The van der Waals surface area contributed by atoms with Gasteiger partial charge in [0.15, 0.2) is 22.1 Å². The first kappa shape index (κ1) is 19.8. The summed E-state index contributed by atoms with van der Waals surface area (Å²) in [7, 11) is 0. The van der Waals surface area contributed by atoms with Gasteiger partial charge in [0.2, 0.25) is 0 Å². The molecule has 2 aromatic heterocycles. The maximum absolute atomic E-state index is 6.02. The van der Waals surface area contributed by atoms with E-state index in [9.17, 15) is 0 Å². The molecule has 0 aliphatic carbocycles. The van der Waals surface area contributed by atoms with Gasteiger partial charge in [0.25, 0.3) is 0 Å². The molecule has 0 spiro atoms. The Morgan fingerprint density at radius 1 is 1.31 bits per heavy atom. The van der Waals surface area contributed by atoms with Crippen molar-refractivity contribution in [1.29, 1.82) is 0 Å². The number of halogens is 2. The topological polar surface area (TPSA) is 81.7 Å². The Kier molecular flexibility index (Phi) is 6.76. The molecule has 0 radical (unpaired) electrons. The van der Waals surface area contributed by atoms with Crippen molar-refractivity contribution in [2.24, 2.45) is 0 Å². The van der Waals surface area contributed by atoms with E-state index >= 15 is 0 Å². The van der Waals surface area contributed by atoms with Gasteiger partial charge < -0.3 is 15.6 Å². The Balaban J connectivity index is 1.92. The van der Waals surface area contributed by atoms with Crippen LogP contribution in [-0.2, 0) is 6.54 Å². The number of benzene rings is 1. The molecule has 138 valence electrons. The summed E-state index contributed by atoms with van der Waals surface area (Å²) in [4.78, 5) is 14.3. The maximum atomic E-state index is 6.02. The van der Waals surface area contributed by atoms with Crippen molar-refractivity contribution in [3.8, 4) is 0 Å². The molecule has 0 bridgehead atoms.